The van der Waals surface area contributed by atoms with Gasteiger partial charge in [-0.25, -0.2) is 9.67 Å². The predicted molar refractivity (Wildman–Crippen MR) is 76.4 cm³/mol. The first-order valence-corrected chi connectivity index (χ1v) is 7.69. The van der Waals surface area contributed by atoms with Crippen LogP contribution in [0.5, 0.6) is 0 Å². The van der Waals surface area contributed by atoms with Crippen molar-refractivity contribution in [3.63, 3.8) is 0 Å². The van der Waals surface area contributed by atoms with Gasteiger partial charge in [0.15, 0.2) is 0 Å². The fourth-order valence-electron chi connectivity index (χ4n) is 3.19. The molecule has 2 atom stereocenters. The summed E-state index contributed by atoms with van der Waals surface area (Å²) in [6.07, 6.45) is 4.56. The smallest absolute Gasteiger partial charge is 0.141 e. The van der Waals surface area contributed by atoms with Crippen LogP contribution in [0.1, 0.15) is 38.6 Å². The van der Waals surface area contributed by atoms with Crippen molar-refractivity contribution in [2.45, 2.75) is 51.4 Å². The molecule has 20 heavy (non-hydrogen) atoms. The van der Waals surface area contributed by atoms with Gasteiger partial charge in [0.25, 0.3) is 0 Å². The van der Waals surface area contributed by atoms with Crippen LogP contribution < -0.4 is 5.32 Å². The molecule has 112 valence electrons. The summed E-state index contributed by atoms with van der Waals surface area (Å²) in [6, 6.07) is 1.03. The minimum Gasteiger partial charge on any atom is -0.374 e. The van der Waals surface area contributed by atoms with E-state index in [9.17, 15) is 0 Å². The van der Waals surface area contributed by atoms with E-state index < -0.39 is 0 Å². The van der Waals surface area contributed by atoms with Crippen LogP contribution in [0.25, 0.3) is 0 Å². The topological polar surface area (TPSA) is 55.2 Å². The highest BCUT2D eigenvalue weighted by molar-refractivity contribution is 4.88. The monoisotopic (exact) mass is 279 g/mol. The second kappa shape index (κ2) is 6.20. The van der Waals surface area contributed by atoms with E-state index in [0.717, 1.165) is 32.1 Å². The summed E-state index contributed by atoms with van der Waals surface area (Å²) >= 11 is 0. The Kier molecular flexibility index (Phi) is 4.33. The summed E-state index contributed by atoms with van der Waals surface area (Å²) in [7, 11) is 0. The van der Waals surface area contributed by atoms with Gasteiger partial charge in [-0.3, -0.25) is 4.90 Å². The van der Waals surface area contributed by atoms with Crippen LogP contribution in [0.2, 0.25) is 0 Å². The Bertz CT molecular complexity index is 433. The van der Waals surface area contributed by atoms with E-state index in [2.05, 4.69) is 34.1 Å². The third kappa shape index (κ3) is 3.02. The minimum atomic E-state index is 0.305. The second-order valence-electron chi connectivity index (χ2n) is 6.09. The average molecular weight is 279 g/mol. The molecule has 0 bridgehead atoms. The van der Waals surface area contributed by atoms with E-state index in [4.69, 9.17) is 4.74 Å². The molecule has 2 aliphatic heterocycles. The lowest BCUT2D eigenvalue weighted by Crippen LogP contribution is -2.49. The molecule has 2 unspecified atom stereocenters. The minimum absolute atomic E-state index is 0.305. The van der Waals surface area contributed by atoms with Crippen molar-refractivity contribution < 1.29 is 4.74 Å². The zero-order valence-corrected chi connectivity index (χ0v) is 12.5. The Labute approximate surface area is 120 Å². The maximum Gasteiger partial charge on any atom is 0.141 e. The number of nitrogens with one attached hydrogen (secondary N) is 1. The summed E-state index contributed by atoms with van der Waals surface area (Å²) in [6.45, 7) is 9.08. The molecule has 0 saturated carbocycles. The van der Waals surface area contributed by atoms with Gasteiger partial charge in [-0.1, -0.05) is 0 Å². The van der Waals surface area contributed by atoms with Gasteiger partial charge in [0, 0.05) is 25.2 Å². The van der Waals surface area contributed by atoms with Crippen molar-refractivity contribution in [3.05, 3.63) is 12.2 Å². The third-order valence-electron chi connectivity index (χ3n) is 4.25. The van der Waals surface area contributed by atoms with E-state index in [-0.39, 0.29) is 0 Å². The van der Waals surface area contributed by atoms with Gasteiger partial charge >= 0.3 is 0 Å². The number of ether oxygens (including phenoxy) is 1. The maximum absolute atomic E-state index is 5.94. The molecule has 1 N–H and O–H groups in total. The van der Waals surface area contributed by atoms with E-state index in [1.54, 1.807) is 6.33 Å². The largest absolute Gasteiger partial charge is 0.374 e. The SMILES string of the molecule is CC(C)n1ncnc1CNCC1CN2CCCC2CO1. The Morgan fingerprint density at radius 1 is 1.50 bits per heavy atom. The first kappa shape index (κ1) is 14.0. The van der Waals surface area contributed by atoms with Gasteiger partial charge in [0.2, 0.25) is 0 Å². The number of morpholine rings is 1. The Hall–Kier alpha value is -0.980. The maximum atomic E-state index is 5.94. The summed E-state index contributed by atoms with van der Waals surface area (Å²) in [5, 5.41) is 7.71. The number of aromatic nitrogens is 3. The van der Waals surface area contributed by atoms with Crippen molar-refractivity contribution in [2.24, 2.45) is 0 Å². The molecular formula is C14H25N5O. The van der Waals surface area contributed by atoms with Crippen LogP contribution in [0.4, 0.5) is 0 Å². The van der Waals surface area contributed by atoms with Crippen LogP contribution in [0.3, 0.4) is 0 Å². The lowest BCUT2D eigenvalue weighted by Gasteiger charge is -2.35. The highest BCUT2D eigenvalue weighted by Crippen LogP contribution is 2.22. The molecule has 0 amide bonds. The fraction of sp³-hybridized carbons (Fsp3) is 0.857. The van der Waals surface area contributed by atoms with E-state index in [0.29, 0.717) is 18.2 Å². The summed E-state index contributed by atoms with van der Waals surface area (Å²) in [4.78, 5) is 6.89. The lowest BCUT2D eigenvalue weighted by atomic mass is 10.2. The average Bonchev–Trinajstić information content (AvgIpc) is 3.06. The van der Waals surface area contributed by atoms with E-state index in [1.807, 2.05) is 4.68 Å². The van der Waals surface area contributed by atoms with Crippen LogP contribution in [-0.2, 0) is 11.3 Å². The first-order chi connectivity index (χ1) is 9.74. The number of rotatable bonds is 5. The number of fused-ring (bicyclic) bond motifs is 1. The van der Waals surface area contributed by atoms with Gasteiger partial charge in [-0.05, 0) is 33.2 Å². The molecule has 1 aromatic heterocycles. The van der Waals surface area contributed by atoms with Gasteiger partial charge in [0.05, 0.1) is 19.3 Å². The van der Waals surface area contributed by atoms with E-state index >= 15 is 0 Å². The summed E-state index contributed by atoms with van der Waals surface area (Å²) < 4.78 is 7.91. The van der Waals surface area contributed by atoms with Crippen LogP contribution in [-0.4, -0.2) is 58.1 Å². The van der Waals surface area contributed by atoms with Crippen LogP contribution >= 0.6 is 0 Å². The molecule has 2 fully saturated rings. The number of nitrogens with zero attached hydrogens (tertiary/aromatic N) is 4. The number of hydrogen-bond acceptors (Lipinski definition) is 5. The molecule has 0 radical (unpaired) electrons. The van der Waals surface area contributed by atoms with Crippen molar-refractivity contribution in [1.29, 1.82) is 0 Å². The Morgan fingerprint density at radius 3 is 3.25 bits per heavy atom. The molecule has 1 aromatic rings. The highest BCUT2D eigenvalue weighted by atomic mass is 16.5. The van der Waals surface area contributed by atoms with Crippen LogP contribution in [0.15, 0.2) is 6.33 Å². The summed E-state index contributed by atoms with van der Waals surface area (Å²) in [5.74, 6) is 0.995. The molecule has 3 heterocycles. The quantitative estimate of drug-likeness (QED) is 0.864. The van der Waals surface area contributed by atoms with Crippen molar-refractivity contribution in [1.82, 2.24) is 25.0 Å². The third-order valence-corrected chi connectivity index (χ3v) is 4.25. The van der Waals surface area contributed by atoms with Crippen molar-refractivity contribution in [2.75, 3.05) is 26.2 Å². The van der Waals surface area contributed by atoms with Crippen molar-refractivity contribution >= 4 is 0 Å². The molecule has 0 aliphatic carbocycles. The standard InChI is InChI=1S/C14H25N5O/c1-11(2)19-14(16-10-17-19)7-15-6-13-8-18-5-3-4-12(18)9-20-13/h10-13,15H,3-9H2,1-2H3. The summed E-state index contributed by atoms with van der Waals surface area (Å²) in [5.41, 5.74) is 0. The molecule has 3 rings (SSSR count). The van der Waals surface area contributed by atoms with Gasteiger partial charge < -0.3 is 10.1 Å². The lowest BCUT2D eigenvalue weighted by molar-refractivity contribution is -0.0471. The molecular weight excluding hydrogens is 254 g/mol. The molecule has 2 saturated heterocycles. The van der Waals surface area contributed by atoms with E-state index in [1.165, 1.54) is 19.4 Å². The van der Waals surface area contributed by atoms with Gasteiger partial charge in [-0.2, -0.15) is 5.10 Å². The highest BCUT2D eigenvalue weighted by Gasteiger charge is 2.31. The zero-order valence-electron chi connectivity index (χ0n) is 12.5. The zero-order chi connectivity index (χ0) is 13.9. The second-order valence-corrected chi connectivity index (χ2v) is 6.09. The molecule has 0 aromatic carbocycles. The predicted octanol–water partition coefficient (Wildman–Crippen LogP) is 0.812. The number of hydrogen-bond donors (Lipinski definition) is 1. The van der Waals surface area contributed by atoms with Crippen molar-refractivity contribution in [3.8, 4) is 0 Å². The van der Waals surface area contributed by atoms with Crippen LogP contribution in [0, 0.1) is 0 Å². The van der Waals surface area contributed by atoms with Gasteiger partial charge in [0.1, 0.15) is 12.2 Å². The molecule has 0 spiro atoms. The molecule has 6 heteroatoms. The Morgan fingerprint density at radius 2 is 2.40 bits per heavy atom. The van der Waals surface area contributed by atoms with Gasteiger partial charge in [-0.15, -0.1) is 0 Å². The Balaban J connectivity index is 1.44. The molecule has 6 nitrogen and oxygen atoms in total. The normalized spacial score (nSPS) is 27.1. The fourth-order valence-corrected chi connectivity index (χ4v) is 3.19. The molecule has 2 aliphatic rings. The first-order valence-electron chi connectivity index (χ1n) is 7.69.